The van der Waals surface area contributed by atoms with Crippen LogP contribution < -0.4 is 5.32 Å². The van der Waals surface area contributed by atoms with Gasteiger partial charge in [-0.15, -0.1) is 0 Å². The van der Waals surface area contributed by atoms with Crippen LogP contribution in [0.5, 0.6) is 0 Å². The number of fused-ring (bicyclic) bond motifs is 1. The molecule has 2 rings (SSSR count). The second-order valence-electron chi connectivity index (χ2n) is 4.40. The fourth-order valence-electron chi connectivity index (χ4n) is 2.13. The number of nitrogens with zero attached hydrogens (tertiary/aromatic N) is 2. The summed E-state index contributed by atoms with van der Waals surface area (Å²) in [6.45, 7) is 2.92. The lowest BCUT2D eigenvalue weighted by Crippen LogP contribution is -2.19. The third-order valence-corrected chi connectivity index (χ3v) is 3.27. The summed E-state index contributed by atoms with van der Waals surface area (Å²) in [5.74, 6) is 1.14. The van der Waals surface area contributed by atoms with E-state index in [4.69, 9.17) is 0 Å². The molecule has 1 unspecified atom stereocenters. The van der Waals surface area contributed by atoms with Crippen molar-refractivity contribution in [2.75, 3.05) is 20.2 Å². The fourth-order valence-corrected chi connectivity index (χ4v) is 2.13. The predicted molar refractivity (Wildman–Crippen MR) is 69.2 cm³/mol. The summed E-state index contributed by atoms with van der Waals surface area (Å²) in [4.78, 5) is 4.51. The molecule has 0 amide bonds. The monoisotopic (exact) mass is 233 g/mol. The molecule has 0 aliphatic rings. The van der Waals surface area contributed by atoms with E-state index in [0.717, 1.165) is 29.0 Å². The number of rotatable bonds is 4. The third kappa shape index (κ3) is 2.18. The van der Waals surface area contributed by atoms with Crippen LogP contribution in [0.1, 0.15) is 17.3 Å². The SMILES string of the molecule is CNCC(CO)c1ccc2c(c1)nc(C)n2C. The highest BCUT2D eigenvalue weighted by molar-refractivity contribution is 5.77. The van der Waals surface area contributed by atoms with Gasteiger partial charge in [0.1, 0.15) is 5.82 Å². The summed E-state index contributed by atoms with van der Waals surface area (Å²) in [7, 11) is 3.91. The Morgan fingerprint density at radius 1 is 1.47 bits per heavy atom. The van der Waals surface area contributed by atoms with Crippen molar-refractivity contribution in [2.45, 2.75) is 12.8 Å². The zero-order valence-corrected chi connectivity index (χ0v) is 10.6. The molecule has 0 radical (unpaired) electrons. The molecule has 0 fully saturated rings. The highest BCUT2D eigenvalue weighted by atomic mass is 16.3. The average molecular weight is 233 g/mol. The van der Waals surface area contributed by atoms with Crippen molar-refractivity contribution in [3.63, 3.8) is 0 Å². The van der Waals surface area contributed by atoms with E-state index in [2.05, 4.69) is 33.1 Å². The van der Waals surface area contributed by atoms with Crippen molar-refractivity contribution in [3.05, 3.63) is 29.6 Å². The van der Waals surface area contributed by atoms with Gasteiger partial charge in [0.25, 0.3) is 0 Å². The summed E-state index contributed by atoms with van der Waals surface area (Å²) in [6, 6.07) is 6.21. The standard InChI is InChI=1S/C13H19N3O/c1-9-15-12-6-10(11(8-17)7-14-2)4-5-13(12)16(9)3/h4-6,11,14,17H,7-8H2,1-3H3. The lowest BCUT2D eigenvalue weighted by Gasteiger charge is -2.13. The number of hydrogen-bond acceptors (Lipinski definition) is 3. The van der Waals surface area contributed by atoms with Crippen LogP contribution in [-0.4, -0.2) is 34.9 Å². The van der Waals surface area contributed by atoms with E-state index in [1.54, 1.807) is 0 Å². The fraction of sp³-hybridized carbons (Fsp3) is 0.462. The Morgan fingerprint density at radius 2 is 2.24 bits per heavy atom. The molecule has 1 atom stereocenters. The van der Waals surface area contributed by atoms with E-state index >= 15 is 0 Å². The van der Waals surface area contributed by atoms with Gasteiger partial charge in [-0.3, -0.25) is 0 Å². The lowest BCUT2D eigenvalue weighted by atomic mass is 9.99. The van der Waals surface area contributed by atoms with Gasteiger partial charge in [-0.1, -0.05) is 6.07 Å². The van der Waals surface area contributed by atoms with Crippen LogP contribution in [0.2, 0.25) is 0 Å². The van der Waals surface area contributed by atoms with Crippen LogP contribution in [0.3, 0.4) is 0 Å². The maximum atomic E-state index is 9.38. The second kappa shape index (κ2) is 4.85. The Hall–Kier alpha value is -1.39. The van der Waals surface area contributed by atoms with Crippen LogP contribution >= 0.6 is 0 Å². The third-order valence-electron chi connectivity index (χ3n) is 3.27. The van der Waals surface area contributed by atoms with E-state index in [9.17, 15) is 5.11 Å². The molecule has 0 spiro atoms. The minimum Gasteiger partial charge on any atom is -0.396 e. The van der Waals surface area contributed by atoms with E-state index in [0.29, 0.717) is 0 Å². The van der Waals surface area contributed by atoms with Crippen molar-refractivity contribution < 1.29 is 5.11 Å². The maximum Gasteiger partial charge on any atom is 0.106 e. The van der Waals surface area contributed by atoms with E-state index in [-0.39, 0.29) is 12.5 Å². The number of benzene rings is 1. The van der Waals surface area contributed by atoms with Crippen LogP contribution in [0, 0.1) is 6.92 Å². The Bertz CT molecular complexity index is 519. The van der Waals surface area contributed by atoms with Crippen LogP contribution in [-0.2, 0) is 7.05 Å². The predicted octanol–water partition coefficient (Wildman–Crippen LogP) is 1.18. The van der Waals surface area contributed by atoms with Crippen molar-refractivity contribution in [3.8, 4) is 0 Å². The molecule has 2 aromatic rings. The van der Waals surface area contributed by atoms with Gasteiger partial charge in [0.15, 0.2) is 0 Å². The summed E-state index contributed by atoms with van der Waals surface area (Å²) < 4.78 is 2.07. The summed E-state index contributed by atoms with van der Waals surface area (Å²) in [5, 5.41) is 12.5. The molecular formula is C13H19N3O. The zero-order valence-electron chi connectivity index (χ0n) is 10.6. The number of nitrogens with one attached hydrogen (secondary N) is 1. The average Bonchev–Trinajstić information content (AvgIpc) is 2.61. The number of aromatic nitrogens is 2. The molecule has 0 aliphatic carbocycles. The first kappa shape index (κ1) is 12.1. The van der Waals surface area contributed by atoms with Crippen LogP contribution in [0.4, 0.5) is 0 Å². The summed E-state index contributed by atoms with van der Waals surface area (Å²) >= 11 is 0. The van der Waals surface area contributed by atoms with Gasteiger partial charge in [-0.25, -0.2) is 4.98 Å². The summed E-state index contributed by atoms with van der Waals surface area (Å²) in [6.07, 6.45) is 0. The van der Waals surface area contributed by atoms with Gasteiger partial charge < -0.3 is 15.0 Å². The number of aliphatic hydroxyl groups excluding tert-OH is 1. The molecular weight excluding hydrogens is 214 g/mol. The van der Waals surface area contributed by atoms with Gasteiger partial charge in [0, 0.05) is 19.5 Å². The van der Waals surface area contributed by atoms with Gasteiger partial charge in [-0.05, 0) is 31.7 Å². The minimum atomic E-state index is 0.131. The number of hydrogen-bond donors (Lipinski definition) is 2. The molecule has 92 valence electrons. The molecule has 0 bridgehead atoms. The molecule has 0 saturated carbocycles. The minimum absolute atomic E-state index is 0.131. The molecule has 0 aliphatic heterocycles. The van der Waals surface area contributed by atoms with Crippen LogP contribution in [0.25, 0.3) is 11.0 Å². The first-order valence-electron chi connectivity index (χ1n) is 5.85. The molecule has 1 heterocycles. The van der Waals surface area contributed by atoms with Crippen molar-refractivity contribution in [1.82, 2.24) is 14.9 Å². The van der Waals surface area contributed by atoms with E-state index < -0.39 is 0 Å². The molecule has 17 heavy (non-hydrogen) atoms. The molecule has 0 saturated heterocycles. The number of aryl methyl sites for hydroxylation is 2. The number of aliphatic hydroxyl groups is 1. The van der Waals surface area contributed by atoms with Crippen LogP contribution in [0.15, 0.2) is 18.2 Å². The van der Waals surface area contributed by atoms with E-state index in [1.807, 2.05) is 21.0 Å². The molecule has 2 N–H and O–H groups in total. The smallest absolute Gasteiger partial charge is 0.106 e. The zero-order chi connectivity index (χ0) is 12.4. The van der Waals surface area contributed by atoms with E-state index in [1.165, 1.54) is 0 Å². The Kier molecular flexibility index (Phi) is 3.45. The normalized spacial score (nSPS) is 13.2. The van der Waals surface area contributed by atoms with Gasteiger partial charge in [0.2, 0.25) is 0 Å². The number of imidazole rings is 1. The van der Waals surface area contributed by atoms with Crippen molar-refractivity contribution >= 4 is 11.0 Å². The Balaban J connectivity index is 2.43. The highest BCUT2D eigenvalue weighted by Gasteiger charge is 2.12. The molecule has 4 heteroatoms. The highest BCUT2D eigenvalue weighted by Crippen LogP contribution is 2.21. The first-order chi connectivity index (χ1) is 8.17. The molecule has 1 aromatic heterocycles. The quantitative estimate of drug-likeness (QED) is 0.833. The van der Waals surface area contributed by atoms with Crippen molar-refractivity contribution in [1.29, 1.82) is 0 Å². The summed E-state index contributed by atoms with van der Waals surface area (Å²) in [5.41, 5.74) is 3.26. The maximum absolute atomic E-state index is 9.38. The lowest BCUT2D eigenvalue weighted by molar-refractivity contribution is 0.263. The van der Waals surface area contributed by atoms with Crippen molar-refractivity contribution in [2.24, 2.45) is 7.05 Å². The Morgan fingerprint density at radius 3 is 2.88 bits per heavy atom. The molecule has 4 nitrogen and oxygen atoms in total. The van der Waals surface area contributed by atoms with Gasteiger partial charge >= 0.3 is 0 Å². The van der Waals surface area contributed by atoms with Gasteiger partial charge in [0.05, 0.1) is 17.6 Å². The largest absolute Gasteiger partial charge is 0.396 e. The van der Waals surface area contributed by atoms with Gasteiger partial charge in [-0.2, -0.15) is 0 Å². The topological polar surface area (TPSA) is 50.1 Å². The molecule has 1 aromatic carbocycles. The first-order valence-corrected chi connectivity index (χ1v) is 5.85. The second-order valence-corrected chi connectivity index (χ2v) is 4.40. The Labute approximate surface area is 101 Å². The number of likely N-dealkylation sites (N-methyl/N-ethyl adjacent to an activating group) is 1.